The maximum Gasteiger partial charge on any atom is 0.0540 e. The minimum absolute atomic E-state index is 1.09. The molecule has 0 saturated heterocycles. The molecular formula is C52H40N2. The quantitative estimate of drug-likeness (QED) is 0.133. The van der Waals surface area contributed by atoms with Crippen molar-refractivity contribution >= 4 is 46.3 Å². The van der Waals surface area contributed by atoms with Crippen LogP contribution in [0.1, 0.15) is 11.1 Å². The number of para-hydroxylation sites is 4. The molecule has 2 heteroatoms. The normalized spacial score (nSPS) is 10.7. The van der Waals surface area contributed by atoms with Crippen LogP contribution in [0.2, 0.25) is 0 Å². The SMILES string of the molecule is C=Cc1ccc(-c2ccccc2N(c2ccccc2)c2ccc(-c3ccc(N(c4ccccc4)c4ccccc4-c4ccc(C=C)cc4)cc3)cc2)cc1. The highest BCUT2D eigenvalue weighted by Crippen LogP contribution is 2.43. The Morgan fingerprint density at radius 3 is 0.926 bits per heavy atom. The summed E-state index contributed by atoms with van der Waals surface area (Å²) < 4.78 is 0. The first kappa shape index (κ1) is 34.0. The van der Waals surface area contributed by atoms with Gasteiger partial charge in [0.15, 0.2) is 0 Å². The van der Waals surface area contributed by atoms with Gasteiger partial charge in [-0.3, -0.25) is 0 Å². The van der Waals surface area contributed by atoms with E-state index in [1.54, 1.807) is 0 Å². The molecule has 0 fully saturated rings. The van der Waals surface area contributed by atoms with Gasteiger partial charge in [-0.1, -0.05) is 171 Å². The lowest BCUT2D eigenvalue weighted by molar-refractivity contribution is 1.28. The molecular weight excluding hydrogens is 653 g/mol. The Balaban J connectivity index is 1.14. The van der Waals surface area contributed by atoms with Gasteiger partial charge < -0.3 is 9.80 Å². The van der Waals surface area contributed by atoms with Crippen LogP contribution in [-0.2, 0) is 0 Å². The summed E-state index contributed by atoms with van der Waals surface area (Å²) in [7, 11) is 0. The van der Waals surface area contributed by atoms with Gasteiger partial charge in [0, 0.05) is 33.9 Å². The van der Waals surface area contributed by atoms with E-state index in [4.69, 9.17) is 0 Å². The van der Waals surface area contributed by atoms with Crippen LogP contribution in [0.3, 0.4) is 0 Å². The molecule has 0 radical (unpaired) electrons. The molecule has 8 aromatic rings. The Kier molecular flexibility index (Phi) is 9.82. The van der Waals surface area contributed by atoms with Crippen molar-refractivity contribution < 1.29 is 0 Å². The molecule has 8 rings (SSSR count). The fourth-order valence-corrected chi connectivity index (χ4v) is 7.04. The molecule has 0 spiro atoms. The summed E-state index contributed by atoms with van der Waals surface area (Å²) in [5, 5.41) is 0. The Morgan fingerprint density at radius 2 is 0.574 bits per heavy atom. The first-order chi connectivity index (χ1) is 26.7. The smallest absolute Gasteiger partial charge is 0.0540 e. The second kappa shape index (κ2) is 15.6. The van der Waals surface area contributed by atoms with E-state index in [9.17, 15) is 0 Å². The highest BCUT2D eigenvalue weighted by Gasteiger charge is 2.19. The first-order valence-electron chi connectivity index (χ1n) is 18.2. The van der Waals surface area contributed by atoms with Crippen LogP contribution in [0, 0.1) is 0 Å². The Hall–Kier alpha value is -7.16. The van der Waals surface area contributed by atoms with Crippen LogP contribution in [0.25, 0.3) is 45.5 Å². The molecule has 0 bridgehead atoms. The lowest BCUT2D eigenvalue weighted by Gasteiger charge is -2.28. The van der Waals surface area contributed by atoms with Gasteiger partial charge in [-0.25, -0.2) is 0 Å². The zero-order chi connectivity index (χ0) is 36.7. The van der Waals surface area contributed by atoms with E-state index in [0.29, 0.717) is 0 Å². The minimum atomic E-state index is 1.09. The van der Waals surface area contributed by atoms with Crippen molar-refractivity contribution in [3.8, 4) is 33.4 Å². The van der Waals surface area contributed by atoms with E-state index in [1.165, 1.54) is 0 Å². The molecule has 8 aromatic carbocycles. The summed E-state index contributed by atoms with van der Waals surface area (Å²) in [6.45, 7) is 7.86. The van der Waals surface area contributed by atoms with Gasteiger partial charge in [0.1, 0.15) is 0 Å². The average molecular weight is 693 g/mol. The van der Waals surface area contributed by atoms with E-state index in [1.807, 2.05) is 12.2 Å². The van der Waals surface area contributed by atoms with Gasteiger partial charge in [-0.05, 0) is 94.0 Å². The number of benzene rings is 8. The lowest BCUT2D eigenvalue weighted by Crippen LogP contribution is -2.11. The van der Waals surface area contributed by atoms with E-state index in [0.717, 1.165) is 78.6 Å². The van der Waals surface area contributed by atoms with Crippen molar-refractivity contribution in [3.05, 3.63) is 231 Å². The first-order valence-corrected chi connectivity index (χ1v) is 18.2. The van der Waals surface area contributed by atoms with Crippen molar-refractivity contribution in [2.45, 2.75) is 0 Å². The fraction of sp³-hybridized carbons (Fsp3) is 0. The van der Waals surface area contributed by atoms with Crippen LogP contribution < -0.4 is 9.80 Å². The Bertz CT molecular complexity index is 2300. The maximum absolute atomic E-state index is 3.93. The molecule has 0 N–H and O–H groups in total. The summed E-state index contributed by atoms with van der Waals surface area (Å²) in [6.07, 6.45) is 3.76. The summed E-state index contributed by atoms with van der Waals surface area (Å²) in [5.41, 5.74) is 15.8. The number of hydrogen-bond acceptors (Lipinski definition) is 2. The third kappa shape index (κ3) is 7.01. The average Bonchev–Trinajstić information content (AvgIpc) is 3.26. The molecule has 2 nitrogen and oxygen atoms in total. The standard InChI is InChI=1S/C52H40N2/c1-3-39-23-27-43(28-24-39)49-19-11-13-21-51(49)53(45-15-7-5-8-16-45)47-35-31-41(32-36-47)42-33-37-48(38-34-42)54(46-17-9-6-10-18-46)52-22-14-12-20-50(52)44-29-25-40(4-2)26-30-44/h3-38H,1-2H2. The molecule has 0 heterocycles. The number of anilines is 6. The van der Waals surface area contributed by atoms with Gasteiger partial charge in [0.05, 0.1) is 11.4 Å². The minimum Gasteiger partial charge on any atom is -0.310 e. The molecule has 0 amide bonds. The maximum atomic E-state index is 3.93. The summed E-state index contributed by atoms with van der Waals surface area (Å²) in [4.78, 5) is 4.67. The number of rotatable bonds is 11. The van der Waals surface area contributed by atoms with Gasteiger partial charge in [-0.15, -0.1) is 0 Å². The van der Waals surface area contributed by atoms with Crippen LogP contribution in [0.5, 0.6) is 0 Å². The zero-order valence-electron chi connectivity index (χ0n) is 30.1. The monoisotopic (exact) mass is 692 g/mol. The third-order valence-electron chi connectivity index (χ3n) is 9.82. The predicted molar refractivity (Wildman–Crippen MR) is 232 cm³/mol. The largest absolute Gasteiger partial charge is 0.310 e. The van der Waals surface area contributed by atoms with Crippen molar-refractivity contribution in [1.29, 1.82) is 0 Å². The highest BCUT2D eigenvalue weighted by molar-refractivity contribution is 5.90. The predicted octanol–water partition coefficient (Wildman–Crippen LogP) is 14.9. The van der Waals surface area contributed by atoms with Gasteiger partial charge in [-0.2, -0.15) is 0 Å². The van der Waals surface area contributed by atoms with Gasteiger partial charge in [0.25, 0.3) is 0 Å². The van der Waals surface area contributed by atoms with E-state index < -0.39 is 0 Å². The fourth-order valence-electron chi connectivity index (χ4n) is 7.04. The van der Waals surface area contributed by atoms with E-state index in [2.05, 4.69) is 229 Å². The van der Waals surface area contributed by atoms with Crippen LogP contribution >= 0.6 is 0 Å². The molecule has 0 saturated carbocycles. The number of hydrogen-bond donors (Lipinski definition) is 0. The summed E-state index contributed by atoms with van der Waals surface area (Å²) >= 11 is 0. The molecule has 54 heavy (non-hydrogen) atoms. The van der Waals surface area contributed by atoms with Crippen LogP contribution in [0.15, 0.2) is 219 Å². The number of nitrogens with zero attached hydrogens (tertiary/aromatic N) is 2. The second-order valence-electron chi connectivity index (χ2n) is 13.1. The molecule has 0 aliphatic rings. The molecule has 258 valence electrons. The van der Waals surface area contributed by atoms with Crippen molar-refractivity contribution in [1.82, 2.24) is 0 Å². The van der Waals surface area contributed by atoms with Gasteiger partial charge >= 0.3 is 0 Å². The van der Waals surface area contributed by atoms with Gasteiger partial charge in [0.2, 0.25) is 0 Å². The Labute approximate surface area is 318 Å². The van der Waals surface area contributed by atoms with E-state index in [-0.39, 0.29) is 0 Å². The molecule has 0 aliphatic carbocycles. The van der Waals surface area contributed by atoms with Crippen LogP contribution in [-0.4, -0.2) is 0 Å². The van der Waals surface area contributed by atoms with Crippen molar-refractivity contribution in [2.75, 3.05) is 9.80 Å². The third-order valence-corrected chi connectivity index (χ3v) is 9.82. The zero-order valence-corrected chi connectivity index (χ0v) is 30.1. The van der Waals surface area contributed by atoms with E-state index >= 15 is 0 Å². The van der Waals surface area contributed by atoms with Crippen molar-refractivity contribution in [2.24, 2.45) is 0 Å². The summed E-state index contributed by atoms with van der Waals surface area (Å²) in [5.74, 6) is 0. The molecule has 0 aromatic heterocycles. The lowest BCUT2D eigenvalue weighted by atomic mass is 9.99. The second-order valence-corrected chi connectivity index (χ2v) is 13.1. The van der Waals surface area contributed by atoms with Crippen molar-refractivity contribution in [3.63, 3.8) is 0 Å². The molecule has 0 unspecified atom stereocenters. The highest BCUT2D eigenvalue weighted by atomic mass is 15.1. The summed E-state index contributed by atoms with van der Waals surface area (Å²) in [6, 6.07) is 73.3. The Morgan fingerprint density at radius 1 is 0.278 bits per heavy atom. The topological polar surface area (TPSA) is 6.48 Å². The molecule has 0 atom stereocenters. The molecule has 0 aliphatic heterocycles. The van der Waals surface area contributed by atoms with Crippen LogP contribution in [0.4, 0.5) is 34.1 Å².